The maximum Gasteiger partial charge on any atom is 0.387 e. The van der Waals surface area contributed by atoms with E-state index < -0.39 is 6.61 Å². The molecule has 15 heavy (non-hydrogen) atoms. The fourth-order valence-electron chi connectivity index (χ4n) is 1.21. The topological polar surface area (TPSA) is 9.23 Å². The summed E-state index contributed by atoms with van der Waals surface area (Å²) < 4.78 is 29.3. The van der Waals surface area contributed by atoms with E-state index in [4.69, 9.17) is 0 Å². The molecule has 0 aliphatic carbocycles. The summed E-state index contributed by atoms with van der Waals surface area (Å²) in [7, 11) is 0. The third kappa shape index (κ3) is 5.10. The maximum absolute atomic E-state index is 12.0. The molecule has 1 aromatic carbocycles. The number of hydrogen-bond acceptors (Lipinski definition) is 1. The molecule has 84 valence electrons. The van der Waals surface area contributed by atoms with E-state index >= 15 is 0 Å². The first kappa shape index (κ1) is 13.2. The van der Waals surface area contributed by atoms with Crippen molar-refractivity contribution in [2.45, 2.75) is 19.5 Å². The van der Waals surface area contributed by atoms with Gasteiger partial charge in [-0.05, 0) is 59.2 Å². The zero-order valence-corrected chi connectivity index (χ0v) is 11.6. The second-order valence-electron chi connectivity index (χ2n) is 2.97. The highest BCUT2D eigenvalue weighted by Gasteiger charge is 2.06. The van der Waals surface area contributed by atoms with Gasteiger partial charge in [-0.3, -0.25) is 0 Å². The van der Waals surface area contributed by atoms with Crippen LogP contribution in [-0.2, 0) is 6.42 Å². The molecule has 0 amide bonds. The van der Waals surface area contributed by atoms with Gasteiger partial charge in [0.25, 0.3) is 0 Å². The number of rotatable bonds is 5. The molecule has 0 aromatic heterocycles. The minimum Gasteiger partial charge on any atom is -0.435 e. The molecule has 0 saturated heterocycles. The summed E-state index contributed by atoms with van der Waals surface area (Å²) >= 11 is 5.42. The number of alkyl halides is 3. The number of halogens is 4. The van der Waals surface area contributed by atoms with Gasteiger partial charge in [0.1, 0.15) is 5.75 Å². The Morgan fingerprint density at radius 2 is 2.07 bits per heavy atom. The van der Waals surface area contributed by atoms with Crippen molar-refractivity contribution in [2.24, 2.45) is 0 Å². The molecular formula is C10H10BrF2IO. The lowest BCUT2D eigenvalue weighted by atomic mass is 10.1. The van der Waals surface area contributed by atoms with Crippen molar-refractivity contribution in [1.29, 1.82) is 0 Å². The van der Waals surface area contributed by atoms with E-state index in [1.807, 2.05) is 6.07 Å². The third-order valence-electron chi connectivity index (χ3n) is 1.76. The van der Waals surface area contributed by atoms with Crippen molar-refractivity contribution in [1.82, 2.24) is 0 Å². The van der Waals surface area contributed by atoms with Crippen molar-refractivity contribution in [2.75, 3.05) is 5.33 Å². The van der Waals surface area contributed by atoms with Gasteiger partial charge in [0.15, 0.2) is 0 Å². The minimum absolute atomic E-state index is 0.237. The predicted octanol–water partition coefficient (Wildman–Crippen LogP) is 4.22. The van der Waals surface area contributed by atoms with Crippen LogP contribution in [0.4, 0.5) is 8.78 Å². The van der Waals surface area contributed by atoms with Gasteiger partial charge < -0.3 is 4.74 Å². The van der Waals surface area contributed by atoms with Crippen LogP contribution in [0.3, 0.4) is 0 Å². The van der Waals surface area contributed by atoms with Crippen LogP contribution in [-0.4, -0.2) is 11.9 Å². The number of hydrogen-bond donors (Lipinski definition) is 0. The largest absolute Gasteiger partial charge is 0.435 e. The van der Waals surface area contributed by atoms with E-state index in [0.29, 0.717) is 0 Å². The van der Waals surface area contributed by atoms with E-state index in [0.717, 1.165) is 27.3 Å². The van der Waals surface area contributed by atoms with E-state index in [9.17, 15) is 8.78 Å². The molecule has 0 radical (unpaired) electrons. The number of ether oxygens (including phenoxy) is 1. The lowest BCUT2D eigenvalue weighted by Gasteiger charge is -2.07. The van der Waals surface area contributed by atoms with E-state index in [1.54, 1.807) is 12.1 Å². The Hall–Kier alpha value is 0.0900. The fraction of sp³-hybridized carbons (Fsp3) is 0.400. The molecule has 0 fully saturated rings. The molecule has 5 heteroatoms. The molecule has 0 unspecified atom stereocenters. The lowest BCUT2D eigenvalue weighted by molar-refractivity contribution is -0.0499. The first-order valence-electron chi connectivity index (χ1n) is 4.42. The number of benzene rings is 1. The summed E-state index contributed by atoms with van der Waals surface area (Å²) in [5.41, 5.74) is 1.03. The smallest absolute Gasteiger partial charge is 0.387 e. The van der Waals surface area contributed by atoms with Crippen molar-refractivity contribution < 1.29 is 13.5 Å². The highest BCUT2D eigenvalue weighted by molar-refractivity contribution is 14.1. The lowest BCUT2D eigenvalue weighted by Crippen LogP contribution is -2.02. The van der Waals surface area contributed by atoms with Crippen LogP contribution < -0.4 is 4.74 Å². The number of aryl methyl sites for hydroxylation is 1. The first-order valence-corrected chi connectivity index (χ1v) is 6.62. The molecule has 0 bridgehead atoms. The SMILES string of the molecule is FC(F)Oc1cc(I)cc(CCCBr)c1. The average Bonchev–Trinajstić information content (AvgIpc) is 2.12. The second-order valence-corrected chi connectivity index (χ2v) is 5.00. The molecule has 0 atom stereocenters. The molecule has 0 aliphatic heterocycles. The van der Waals surface area contributed by atoms with Crippen molar-refractivity contribution in [3.63, 3.8) is 0 Å². The van der Waals surface area contributed by atoms with Crippen molar-refractivity contribution in [3.8, 4) is 5.75 Å². The van der Waals surface area contributed by atoms with Crippen LogP contribution >= 0.6 is 38.5 Å². The summed E-state index contributed by atoms with van der Waals surface area (Å²) in [5, 5.41) is 0.906. The Kier molecular flexibility index (Phi) is 5.81. The maximum atomic E-state index is 12.0. The van der Waals surface area contributed by atoms with E-state index in [2.05, 4.69) is 43.3 Å². The Bertz CT molecular complexity index is 320. The standard InChI is InChI=1S/C10H10BrF2IO/c11-3-1-2-7-4-8(14)6-9(5-7)15-10(12)13/h4-6,10H,1-3H2. The Balaban J connectivity index is 2.75. The van der Waals surface area contributed by atoms with Gasteiger partial charge >= 0.3 is 6.61 Å². The molecule has 0 aliphatic rings. The monoisotopic (exact) mass is 390 g/mol. The van der Waals surface area contributed by atoms with E-state index in [-0.39, 0.29) is 5.75 Å². The van der Waals surface area contributed by atoms with Crippen LogP contribution in [0, 0.1) is 3.57 Å². The van der Waals surface area contributed by atoms with Crippen LogP contribution in [0.2, 0.25) is 0 Å². The minimum atomic E-state index is -2.76. The molecule has 1 aromatic rings. The fourth-order valence-corrected chi connectivity index (χ4v) is 2.19. The molecule has 0 heterocycles. The summed E-state index contributed by atoms with van der Waals surface area (Å²) in [5.74, 6) is 0.237. The van der Waals surface area contributed by atoms with Crippen LogP contribution in [0.25, 0.3) is 0 Å². The predicted molar refractivity (Wildman–Crippen MR) is 67.9 cm³/mol. The van der Waals surface area contributed by atoms with Gasteiger partial charge in [0.2, 0.25) is 0 Å². The quantitative estimate of drug-likeness (QED) is 0.540. The van der Waals surface area contributed by atoms with Gasteiger partial charge in [0, 0.05) is 8.90 Å². The van der Waals surface area contributed by atoms with Gasteiger partial charge in [-0.25, -0.2) is 0 Å². The zero-order valence-electron chi connectivity index (χ0n) is 7.85. The molecule has 0 saturated carbocycles. The Morgan fingerprint density at radius 3 is 2.67 bits per heavy atom. The molecular weight excluding hydrogens is 381 g/mol. The third-order valence-corrected chi connectivity index (χ3v) is 2.94. The summed E-state index contributed by atoms with van der Waals surface area (Å²) in [4.78, 5) is 0. The Labute approximate surface area is 109 Å². The summed E-state index contributed by atoms with van der Waals surface area (Å²) in [6.45, 7) is -2.76. The second kappa shape index (κ2) is 6.62. The highest BCUT2D eigenvalue weighted by atomic mass is 127. The summed E-state index contributed by atoms with van der Waals surface area (Å²) in [6, 6.07) is 5.24. The Morgan fingerprint density at radius 1 is 1.33 bits per heavy atom. The molecule has 1 nitrogen and oxygen atoms in total. The summed E-state index contributed by atoms with van der Waals surface area (Å²) in [6.07, 6.45) is 1.84. The normalized spacial score (nSPS) is 10.7. The van der Waals surface area contributed by atoms with E-state index in [1.165, 1.54) is 0 Å². The van der Waals surface area contributed by atoms with Crippen LogP contribution in [0.15, 0.2) is 18.2 Å². The zero-order chi connectivity index (χ0) is 11.3. The molecule has 0 N–H and O–H groups in total. The average molecular weight is 391 g/mol. The van der Waals surface area contributed by atoms with Crippen LogP contribution in [0.5, 0.6) is 5.75 Å². The molecule has 0 spiro atoms. The van der Waals surface area contributed by atoms with Crippen molar-refractivity contribution >= 4 is 38.5 Å². The highest BCUT2D eigenvalue weighted by Crippen LogP contribution is 2.21. The molecule has 1 rings (SSSR count). The van der Waals surface area contributed by atoms with Crippen molar-refractivity contribution in [3.05, 3.63) is 27.3 Å². The van der Waals surface area contributed by atoms with Crippen LogP contribution in [0.1, 0.15) is 12.0 Å². The van der Waals surface area contributed by atoms with Gasteiger partial charge in [-0.2, -0.15) is 8.78 Å². The van der Waals surface area contributed by atoms with Gasteiger partial charge in [-0.15, -0.1) is 0 Å². The first-order chi connectivity index (χ1) is 7.11. The van der Waals surface area contributed by atoms with Gasteiger partial charge in [0.05, 0.1) is 0 Å². The van der Waals surface area contributed by atoms with Gasteiger partial charge in [-0.1, -0.05) is 15.9 Å².